The van der Waals surface area contributed by atoms with Crippen LogP contribution in [0.2, 0.25) is 0 Å². The summed E-state index contributed by atoms with van der Waals surface area (Å²) >= 11 is 0. The predicted octanol–water partition coefficient (Wildman–Crippen LogP) is 4.81. The van der Waals surface area contributed by atoms with Crippen LogP contribution in [0.25, 0.3) is 0 Å². The molecule has 2 aromatic carbocycles. The number of aromatic nitrogens is 2. The lowest BCUT2D eigenvalue weighted by atomic mass is 9.98. The number of imidazole rings is 1. The molecule has 3 rings (SSSR count). The fourth-order valence-electron chi connectivity index (χ4n) is 3.44. The summed E-state index contributed by atoms with van der Waals surface area (Å²) in [6, 6.07) is 16.9. The molecule has 0 saturated carbocycles. The number of aliphatic imine (C=N–C) groups is 1. The van der Waals surface area contributed by atoms with Gasteiger partial charge in [-0.05, 0) is 48.1 Å². The van der Waals surface area contributed by atoms with Crippen LogP contribution in [0, 0.1) is 0 Å². The van der Waals surface area contributed by atoms with Crippen molar-refractivity contribution in [2.75, 3.05) is 20.2 Å². The van der Waals surface area contributed by atoms with Crippen molar-refractivity contribution in [2.45, 2.75) is 39.3 Å². The van der Waals surface area contributed by atoms with Gasteiger partial charge in [0.25, 0.3) is 0 Å². The minimum Gasteiger partial charge on any atom is -0.497 e. The Bertz CT molecular complexity index is 941. The average Bonchev–Trinajstić information content (AvgIpc) is 3.30. The van der Waals surface area contributed by atoms with E-state index in [-0.39, 0.29) is 24.0 Å². The molecule has 0 spiro atoms. The van der Waals surface area contributed by atoms with Gasteiger partial charge in [-0.15, -0.1) is 24.0 Å². The van der Waals surface area contributed by atoms with Crippen LogP contribution in [-0.2, 0) is 13.1 Å². The molecule has 0 saturated heterocycles. The van der Waals surface area contributed by atoms with Gasteiger partial charge in [-0.3, -0.25) is 0 Å². The van der Waals surface area contributed by atoms with Crippen LogP contribution >= 0.6 is 24.0 Å². The summed E-state index contributed by atoms with van der Waals surface area (Å²) < 4.78 is 7.31. The number of halogens is 1. The Morgan fingerprint density at radius 2 is 1.91 bits per heavy atom. The maximum atomic E-state index is 5.24. The van der Waals surface area contributed by atoms with Crippen LogP contribution in [0.5, 0.6) is 5.75 Å². The van der Waals surface area contributed by atoms with E-state index < -0.39 is 0 Å². The Labute approximate surface area is 208 Å². The molecular formula is C25H34IN5O. The maximum Gasteiger partial charge on any atom is 0.191 e. The Balaban J connectivity index is 0.00000363. The van der Waals surface area contributed by atoms with Gasteiger partial charge < -0.3 is 19.9 Å². The third-order valence-electron chi connectivity index (χ3n) is 5.23. The molecule has 0 fully saturated rings. The number of nitrogens with one attached hydrogen (secondary N) is 2. The third-order valence-corrected chi connectivity index (χ3v) is 5.23. The highest BCUT2D eigenvalue weighted by Crippen LogP contribution is 2.21. The first-order valence-electron chi connectivity index (χ1n) is 10.9. The van der Waals surface area contributed by atoms with E-state index in [1.54, 1.807) is 13.3 Å². The van der Waals surface area contributed by atoms with E-state index in [1.165, 1.54) is 16.7 Å². The quantitative estimate of drug-likeness (QED) is 0.217. The number of hydrogen-bond donors (Lipinski definition) is 2. The van der Waals surface area contributed by atoms with E-state index in [9.17, 15) is 0 Å². The Morgan fingerprint density at radius 1 is 1.12 bits per heavy atom. The normalized spacial score (nSPS) is 12.0. The highest BCUT2D eigenvalue weighted by atomic mass is 127. The van der Waals surface area contributed by atoms with Gasteiger partial charge in [0.15, 0.2) is 5.96 Å². The van der Waals surface area contributed by atoms with E-state index in [4.69, 9.17) is 9.73 Å². The van der Waals surface area contributed by atoms with Crippen molar-refractivity contribution in [3.8, 4) is 5.75 Å². The monoisotopic (exact) mass is 547 g/mol. The molecule has 1 heterocycles. The molecule has 1 unspecified atom stereocenters. The predicted molar refractivity (Wildman–Crippen MR) is 142 cm³/mol. The maximum absolute atomic E-state index is 5.24. The van der Waals surface area contributed by atoms with Gasteiger partial charge >= 0.3 is 0 Å². The Kier molecular flexibility index (Phi) is 11.1. The number of hydrogen-bond acceptors (Lipinski definition) is 3. The lowest BCUT2D eigenvalue weighted by Gasteiger charge is -2.15. The van der Waals surface area contributed by atoms with E-state index in [1.807, 2.05) is 24.7 Å². The largest absolute Gasteiger partial charge is 0.497 e. The minimum absolute atomic E-state index is 0. The number of benzene rings is 2. The number of rotatable bonds is 10. The smallest absolute Gasteiger partial charge is 0.191 e. The number of nitrogens with zero attached hydrogens (tertiary/aromatic N) is 3. The number of guanidine groups is 1. The van der Waals surface area contributed by atoms with Crippen LogP contribution in [-0.4, -0.2) is 35.7 Å². The second-order valence-electron chi connectivity index (χ2n) is 7.64. The van der Waals surface area contributed by atoms with Crippen LogP contribution in [0.3, 0.4) is 0 Å². The summed E-state index contributed by atoms with van der Waals surface area (Å²) in [5.74, 6) is 2.20. The molecule has 7 heteroatoms. The molecule has 6 nitrogen and oxygen atoms in total. The zero-order valence-corrected chi connectivity index (χ0v) is 21.5. The van der Waals surface area contributed by atoms with Crippen molar-refractivity contribution in [1.82, 2.24) is 20.2 Å². The van der Waals surface area contributed by atoms with Crippen molar-refractivity contribution >= 4 is 29.9 Å². The summed E-state index contributed by atoms with van der Waals surface area (Å²) in [5.41, 5.74) is 3.76. The molecule has 1 atom stereocenters. The van der Waals surface area contributed by atoms with Gasteiger partial charge in [-0.2, -0.15) is 0 Å². The zero-order valence-electron chi connectivity index (χ0n) is 19.1. The van der Waals surface area contributed by atoms with Crippen molar-refractivity contribution in [1.29, 1.82) is 0 Å². The van der Waals surface area contributed by atoms with Gasteiger partial charge in [0, 0.05) is 32.0 Å². The fourth-order valence-corrected chi connectivity index (χ4v) is 3.44. The molecule has 2 N–H and O–H groups in total. The van der Waals surface area contributed by atoms with Gasteiger partial charge in [0.05, 0.1) is 20.0 Å². The summed E-state index contributed by atoms with van der Waals surface area (Å²) in [6.07, 6.45) is 6.64. The first kappa shape index (κ1) is 25.7. The van der Waals surface area contributed by atoms with Crippen molar-refractivity contribution < 1.29 is 4.74 Å². The molecular weight excluding hydrogens is 513 g/mol. The molecule has 0 aliphatic rings. The van der Waals surface area contributed by atoms with Crippen LogP contribution in [0.4, 0.5) is 0 Å². The molecule has 0 amide bonds. The van der Waals surface area contributed by atoms with E-state index in [0.717, 1.165) is 37.8 Å². The topological polar surface area (TPSA) is 63.5 Å². The van der Waals surface area contributed by atoms with E-state index in [2.05, 4.69) is 70.4 Å². The molecule has 3 aromatic rings. The molecule has 0 bridgehead atoms. The van der Waals surface area contributed by atoms with Crippen LogP contribution < -0.4 is 15.4 Å². The van der Waals surface area contributed by atoms with Crippen LogP contribution in [0.1, 0.15) is 42.9 Å². The van der Waals surface area contributed by atoms with Gasteiger partial charge in [-0.25, -0.2) is 9.98 Å². The first-order chi connectivity index (χ1) is 15.2. The molecule has 0 aliphatic heterocycles. The minimum atomic E-state index is 0. The number of methoxy groups -OCH3 is 1. The second-order valence-corrected chi connectivity index (χ2v) is 7.64. The average molecular weight is 547 g/mol. The highest BCUT2D eigenvalue weighted by molar-refractivity contribution is 14.0. The standard InChI is InChI=1S/C25H33N5O.HI/c1-4-27-25(28-13-12-20(2)23-8-10-24(31-3)11-9-23)29-17-21-6-5-7-22(16-21)18-30-15-14-26-19-30;/h5-11,14-16,19-20H,4,12-13,17-18H2,1-3H3,(H2,27,28,29);1H. The Hall–Kier alpha value is -2.55. The van der Waals surface area contributed by atoms with Crippen molar-refractivity contribution in [2.24, 2.45) is 4.99 Å². The van der Waals surface area contributed by atoms with Crippen molar-refractivity contribution in [3.05, 3.63) is 83.9 Å². The summed E-state index contributed by atoms with van der Waals surface area (Å²) in [4.78, 5) is 8.88. The lowest BCUT2D eigenvalue weighted by molar-refractivity contribution is 0.414. The fraction of sp³-hybridized carbons (Fsp3) is 0.360. The van der Waals surface area contributed by atoms with E-state index >= 15 is 0 Å². The summed E-state index contributed by atoms with van der Waals surface area (Å²) in [6.45, 7) is 7.49. The highest BCUT2D eigenvalue weighted by Gasteiger charge is 2.06. The SMILES string of the molecule is CCNC(=NCc1cccc(Cn2ccnc2)c1)NCCC(C)c1ccc(OC)cc1.I. The molecule has 32 heavy (non-hydrogen) atoms. The molecule has 0 aliphatic carbocycles. The first-order valence-corrected chi connectivity index (χ1v) is 10.9. The van der Waals surface area contributed by atoms with Gasteiger partial charge in [0.2, 0.25) is 0 Å². The van der Waals surface area contributed by atoms with Gasteiger partial charge in [-0.1, -0.05) is 43.3 Å². The second kappa shape index (κ2) is 13.8. The van der Waals surface area contributed by atoms with Gasteiger partial charge in [0.1, 0.15) is 5.75 Å². The summed E-state index contributed by atoms with van der Waals surface area (Å²) in [7, 11) is 1.69. The summed E-state index contributed by atoms with van der Waals surface area (Å²) in [5, 5.41) is 6.81. The molecule has 1 aromatic heterocycles. The van der Waals surface area contributed by atoms with E-state index in [0.29, 0.717) is 12.5 Å². The Morgan fingerprint density at radius 3 is 2.59 bits per heavy atom. The molecule has 172 valence electrons. The van der Waals surface area contributed by atoms with Crippen molar-refractivity contribution in [3.63, 3.8) is 0 Å². The zero-order chi connectivity index (χ0) is 21.9. The number of ether oxygens (including phenoxy) is 1. The molecule has 0 radical (unpaired) electrons. The lowest BCUT2D eigenvalue weighted by Crippen LogP contribution is -2.38. The third kappa shape index (κ3) is 8.18. The van der Waals surface area contributed by atoms with Crippen LogP contribution in [0.15, 0.2) is 72.2 Å².